The van der Waals surface area contributed by atoms with Gasteiger partial charge in [0.05, 0.1) is 12.2 Å². The van der Waals surface area contributed by atoms with Gasteiger partial charge in [-0.05, 0) is 57.8 Å². The predicted molar refractivity (Wildman–Crippen MR) is 113 cm³/mol. The van der Waals surface area contributed by atoms with Crippen LogP contribution in [-0.2, 0) is 4.74 Å². The van der Waals surface area contributed by atoms with Crippen LogP contribution in [0.25, 0.3) is 0 Å². The monoisotopic (exact) mass is 404 g/mol. The SMILES string of the molecule is CCN1CCC[C@H]1CN(CC1CCN(CCOC)CC1)C(=O)c1cc[n+]([O-])cc1. The van der Waals surface area contributed by atoms with Crippen molar-refractivity contribution in [2.45, 2.75) is 38.6 Å². The standard InChI is InChI=1S/C22H36N4O3/c1-3-24-10-4-5-21(24)18-25(22(27)20-8-13-26(28)14-9-20)17-19-6-11-23(12-7-19)15-16-29-2/h8-9,13-14,19,21H,3-7,10-12,15-18H2,1-2H3/t21-/m0/s1. The van der Waals surface area contributed by atoms with Gasteiger partial charge in [0.2, 0.25) is 0 Å². The molecule has 1 amide bonds. The van der Waals surface area contributed by atoms with Crippen molar-refractivity contribution in [3.05, 3.63) is 35.3 Å². The highest BCUT2D eigenvalue weighted by Crippen LogP contribution is 2.23. The molecule has 1 aromatic heterocycles. The van der Waals surface area contributed by atoms with E-state index in [4.69, 9.17) is 4.74 Å². The number of rotatable bonds is 9. The maximum atomic E-state index is 13.3. The molecule has 7 nitrogen and oxygen atoms in total. The first kappa shape index (κ1) is 22.0. The molecule has 0 bridgehead atoms. The van der Waals surface area contributed by atoms with Crippen LogP contribution in [0, 0.1) is 11.1 Å². The normalized spacial score (nSPS) is 21.5. The van der Waals surface area contributed by atoms with Crippen molar-refractivity contribution < 1.29 is 14.3 Å². The molecule has 3 heterocycles. The van der Waals surface area contributed by atoms with E-state index in [9.17, 15) is 10.0 Å². The molecule has 0 radical (unpaired) electrons. The van der Waals surface area contributed by atoms with Crippen LogP contribution < -0.4 is 4.73 Å². The summed E-state index contributed by atoms with van der Waals surface area (Å²) in [5.74, 6) is 0.581. The minimum Gasteiger partial charge on any atom is -0.619 e. The van der Waals surface area contributed by atoms with Gasteiger partial charge in [-0.2, -0.15) is 4.73 Å². The number of nitrogens with zero attached hydrogens (tertiary/aromatic N) is 4. The number of carbonyl (C=O) groups excluding carboxylic acids is 1. The molecule has 1 atom stereocenters. The Kier molecular flexibility index (Phi) is 8.27. The molecule has 0 N–H and O–H groups in total. The van der Waals surface area contributed by atoms with Crippen LogP contribution in [-0.4, -0.2) is 86.2 Å². The zero-order valence-corrected chi connectivity index (χ0v) is 18.0. The quantitative estimate of drug-likeness (QED) is 0.462. The summed E-state index contributed by atoms with van der Waals surface area (Å²) in [6.07, 6.45) is 7.42. The molecule has 2 aliphatic heterocycles. The van der Waals surface area contributed by atoms with Crippen LogP contribution in [0.5, 0.6) is 0 Å². The Bertz CT molecular complexity index is 631. The van der Waals surface area contributed by atoms with Gasteiger partial charge in [-0.25, -0.2) is 0 Å². The summed E-state index contributed by atoms with van der Waals surface area (Å²) >= 11 is 0. The lowest BCUT2D eigenvalue weighted by Gasteiger charge is -2.36. The van der Waals surface area contributed by atoms with Crippen molar-refractivity contribution in [3.8, 4) is 0 Å². The fourth-order valence-corrected chi connectivity index (χ4v) is 4.68. The van der Waals surface area contributed by atoms with E-state index in [0.717, 1.165) is 76.4 Å². The topological polar surface area (TPSA) is 63.0 Å². The number of methoxy groups -OCH3 is 1. The Labute approximate surface area is 174 Å². The molecule has 7 heteroatoms. The van der Waals surface area contributed by atoms with Crippen LogP contribution in [0.15, 0.2) is 24.5 Å². The molecule has 0 aromatic carbocycles. The first-order chi connectivity index (χ1) is 14.1. The largest absolute Gasteiger partial charge is 0.619 e. The molecular weight excluding hydrogens is 368 g/mol. The number of aromatic nitrogens is 1. The Morgan fingerprint density at radius 2 is 1.93 bits per heavy atom. The molecule has 0 spiro atoms. The second-order valence-electron chi connectivity index (χ2n) is 8.36. The van der Waals surface area contributed by atoms with E-state index in [1.165, 1.54) is 18.8 Å². The summed E-state index contributed by atoms with van der Waals surface area (Å²) in [5.41, 5.74) is 0.607. The number of ether oxygens (including phenoxy) is 1. The zero-order valence-electron chi connectivity index (χ0n) is 18.0. The summed E-state index contributed by atoms with van der Waals surface area (Å²) in [5, 5.41) is 11.4. The Balaban J connectivity index is 1.64. The number of hydrogen-bond donors (Lipinski definition) is 0. The second kappa shape index (κ2) is 10.9. The third kappa shape index (κ3) is 6.14. The highest BCUT2D eigenvalue weighted by atomic mass is 16.5. The van der Waals surface area contributed by atoms with E-state index >= 15 is 0 Å². The maximum absolute atomic E-state index is 13.3. The molecule has 2 fully saturated rings. The third-order valence-electron chi connectivity index (χ3n) is 6.47. The molecule has 1 aromatic rings. The van der Waals surface area contributed by atoms with Gasteiger partial charge in [-0.1, -0.05) is 6.92 Å². The third-order valence-corrected chi connectivity index (χ3v) is 6.47. The molecular formula is C22H36N4O3. The van der Waals surface area contributed by atoms with Gasteiger partial charge in [0.1, 0.15) is 0 Å². The average molecular weight is 405 g/mol. The molecule has 0 saturated carbocycles. The van der Waals surface area contributed by atoms with Crippen LogP contribution >= 0.6 is 0 Å². The summed E-state index contributed by atoms with van der Waals surface area (Å²) in [4.78, 5) is 20.3. The summed E-state index contributed by atoms with van der Waals surface area (Å²) in [6.45, 7) is 9.85. The van der Waals surface area contributed by atoms with Gasteiger partial charge in [0, 0.05) is 44.9 Å². The number of piperidine rings is 1. The number of likely N-dealkylation sites (tertiary alicyclic amines) is 2. The highest BCUT2D eigenvalue weighted by molar-refractivity contribution is 5.94. The van der Waals surface area contributed by atoms with Crippen molar-refractivity contribution in [3.63, 3.8) is 0 Å². The van der Waals surface area contributed by atoms with Gasteiger partial charge < -0.3 is 19.7 Å². The fourth-order valence-electron chi connectivity index (χ4n) is 4.68. The number of hydrogen-bond acceptors (Lipinski definition) is 5. The van der Waals surface area contributed by atoms with Gasteiger partial charge in [0.25, 0.3) is 5.91 Å². The first-order valence-electron chi connectivity index (χ1n) is 11.0. The number of likely N-dealkylation sites (N-methyl/N-ethyl adjacent to an activating group) is 1. The molecule has 29 heavy (non-hydrogen) atoms. The lowest BCUT2D eigenvalue weighted by Crippen LogP contribution is -2.46. The Morgan fingerprint density at radius 3 is 2.59 bits per heavy atom. The number of amides is 1. The van der Waals surface area contributed by atoms with Gasteiger partial charge in [0.15, 0.2) is 12.4 Å². The minimum absolute atomic E-state index is 0.0513. The van der Waals surface area contributed by atoms with E-state index in [2.05, 4.69) is 21.6 Å². The van der Waals surface area contributed by atoms with E-state index in [1.807, 2.05) is 0 Å². The molecule has 3 rings (SSSR count). The van der Waals surface area contributed by atoms with E-state index in [-0.39, 0.29) is 5.91 Å². The van der Waals surface area contributed by atoms with Crippen molar-refractivity contribution in [1.29, 1.82) is 0 Å². The lowest BCUT2D eigenvalue weighted by atomic mass is 9.95. The van der Waals surface area contributed by atoms with Crippen molar-refractivity contribution in [1.82, 2.24) is 14.7 Å². The summed E-state index contributed by atoms with van der Waals surface area (Å²) in [7, 11) is 1.75. The van der Waals surface area contributed by atoms with Crippen molar-refractivity contribution in [2.75, 3.05) is 59.5 Å². The van der Waals surface area contributed by atoms with Crippen LogP contribution in [0.3, 0.4) is 0 Å². The smallest absolute Gasteiger partial charge is 0.254 e. The highest BCUT2D eigenvalue weighted by Gasteiger charge is 2.30. The Hall–Kier alpha value is -1.70. The molecule has 2 saturated heterocycles. The van der Waals surface area contributed by atoms with E-state index in [0.29, 0.717) is 17.5 Å². The second-order valence-corrected chi connectivity index (χ2v) is 8.36. The van der Waals surface area contributed by atoms with E-state index < -0.39 is 0 Å². The summed E-state index contributed by atoms with van der Waals surface area (Å²) in [6, 6.07) is 3.73. The minimum atomic E-state index is 0.0513. The molecule has 162 valence electrons. The van der Waals surface area contributed by atoms with E-state index in [1.54, 1.807) is 19.2 Å². The fraction of sp³-hybridized carbons (Fsp3) is 0.727. The molecule has 0 unspecified atom stereocenters. The number of pyridine rings is 1. The van der Waals surface area contributed by atoms with Crippen LogP contribution in [0.4, 0.5) is 0 Å². The van der Waals surface area contributed by atoms with Crippen LogP contribution in [0.2, 0.25) is 0 Å². The molecule has 2 aliphatic rings. The first-order valence-corrected chi connectivity index (χ1v) is 11.0. The van der Waals surface area contributed by atoms with Gasteiger partial charge >= 0.3 is 0 Å². The van der Waals surface area contributed by atoms with Crippen molar-refractivity contribution in [2.24, 2.45) is 5.92 Å². The average Bonchev–Trinajstić information content (AvgIpc) is 3.20. The molecule has 0 aliphatic carbocycles. The Morgan fingerprint density at radius 1 is 1.21 bits per heavy atom. The van der Waals surface area contributed by atoms with Gasteiger partial charge in [-0.15, -0.1) is 0 Å². The maximum Gasteiger partial charge on any atom is 0.254 e. The van der Waals surface area contributed by atoms with Crippen LogP contribution in [0.1, 0.15) is 43.0 Å². The zero-order chi connectivity index (χ0) is 20.6. The predicted octanol–water partition coefficient (Wildman–Crippen LogP) is 1.60. The summed E-state index contributed by atoms with van der Waals surface area (Å²) < 4.78 is 5.93. The lowest BCUT2D eigenvalue weighted by molar-refractivity contribution is -0.605. The van der Waals surface area contributed by atoms with Crippen molar-refractivity contribution >= 4 is 5.91 Å². The number of carbonyl (C=O) groups is 1. The van der Waals surface area contributed by atoms with Gasteiger partial charge in [-0.3, -0.25) is 9.69 Å².